The highest BCUT2D eigenvalue weighted by molar-refractivity contribution is 5.94. The number of nitrogens with zero attached hydrogens (tertiary/aromatic N) is 3. The quantitative estimate of drug-likeness (QED) is 0.591. The summed E-state index contributed by atoms with van der Waals surface area (Å²) in [4.78, 5) is 20.4. The van der Waals surface area contributed by atoms with E-state index in [2.05, 4.69) is 28.1 Å². The average Bonchev–Trinajstić information content (AvgIpc) is 3.24. The van der Waals surface area contributed by atoms with Crippen molar-refractivity contribution in [2.45, 2.75) is 33.2 Å². The fourth-order valence-corrected chi connectivity index (χ4v) is 4.15. The highest BCUT2D eigenvalue weighted by atomic mass is 16.5. The zero-order valence-electron chi connectivity index (χ0n) is 15.9. The molecule has 1 aliphatic rings. The number of hydrogen-bond donors (Lipinski definition) is 1. The van der Waals surface area contributed by atoms with Gasteiger partial charge >= 0.3 is 5.69 Å². The van der Waals surface area contributed by atoms with Crippen molar-refractivity contribution in [3.8, 4) is 16.9 Å². The Morgan fingerprint density at radius 2 is 2.18 bits per heavy atom. The SMILES string of the molecule is CCc1cc(-c2c(C)noc2C)c2c3c1[nH]c(=O)n3[C@@H](c1ccccn1)CO2. The normalized spacial score (nSPS) is 15.8. The van der Waals surface area contributed by atoms with Gasteiger partial charge < -0.3 is 14.2 Å². The van der Waals surface area contributed by atoms with Crippen molar-refractivity contribution in [3.05, 3.63) is 63.7 Å². The summed E-state index contributed by atoms with van der Waals surface area (Å²) in [5.41, 5.74) is 5.93. The van der Waals surface area contributed by atoms with Crippen LogP contribution in [0.3, 0.4) is 0 Å². The molecule has 1 aliphatic heterocycles. The van der Waals surface area contributed by atoms with Crippen LogP contribution in [0.2, 0.25) is 0 Å². The Kier molecular flexibility index (Phi) is 3.65. The zero-order chi connectivity index (χ0) is 19.4. The van der Waals surface area contributed by atoms with E-state index in [1.807, 2.05) is 32.0 Å². The van der Waals surface area contributed by atoms with Crippen molar-refractivity contribution in [1.82, 2.24) is 19.7 Å². The van der Waals surface area contributed by atoms with Gasteiger partial charge in [0.25, 0.3) is 0 Å². The van der Waals surface area contributed by atoms with Crippen LogP contribution in [0.1, 0.15) is 35.7 Å². The molecular weight excluding hydrogens is 356 g/mol. The average molecular weight is 376 g/mol. The van der Waals surface area contributed by atoms with Crippen LogP contribution in [0.25, 0.3) is 22.2 Å². The van der Waals surface area contributed by atoms with Gasteiger partial charge in [-0.15, -0.1) is 0 Å². The number of hydrogen-bond acceptors (Lipinski definition) is 5. The van der Waals surface area contributed by atoms with Crippen molar-refractivity contribution >= 4 is 11.0 Å². The van der Waals surface area contributed by atoms with Crippen LogP contribution in [0, 0.1) is 13.8 Å². The van der Waals surface area contributed by atoms with Crippen molar-refractivity contribution in [3.63, 3.8) is 0 Å². The van der Waals surface area contributed by atoms with E-state index in [0.717, 1.165) is 51.3 Å². The van der Waals surface area contributed by atoms with Gasteiger partial charge in [-0.05, 0) is 44.0 Å². The minimum absolute atomic E-state index is 0.152. The maximum atomic E-state index is 12.9. The van der Waals surface area contributed by atoms with Crippen LogP contribution < -0.4 is 10.4 Å². The first-order valence-electron chi connectivity index (χ1n) is 9.37. The first-order valence-corrected chi connectivity index (χ1v) is 9.37. The number of H-pyrrole nitrogens is 1. The van der Waals surface area contributed by atoms with Crippen LogP contribution in [0.15, 0.2) is 39.8 Å². The lowest BCUT2D eigenvalue weighted by atomic mass is 9.97. The van der Waals surface area contributed by atoms with Crippen molar-refractivity contribution in [2.24, 2.45) is 0 Å². The molecule has 142 valence electrons. The molecule has 4 heterocycles. The molecule has 28 heavy (non-hydrogen) atoms. The van der Waals surface area contributed by atoms with Gasteiger partial charge in [0.2, 0.25) is 0 Å². The molecule has 5 rings (SSSR count). The minimum atomic E-state index is -0.278. The number of rotatable bonds is 3. The Labute approximate surface area is 161 Å². The van der Waals surface area contributed by atoms with Crippen molar-refractivity contribution < 1.29 is 9.26 Å². The van der Waals surface area contributed by atoms with Gasteiger partial charge in [-0.25, -0.2) is 4.79 Å². The monoisotopic (exact) mass is 376 g/mol. The summed E-state index contributed by atoms with van der Waals surface area (Å²) in [5, 5.41) is 4.09. The summed E-state index contributed by atoms with van der Waals surface area (Å²) in [6.45, 7) is 6.21. The molecule has 7 nitrogen and oxygen atoms in total. The molecule has 1 N–H and O–H groups in total. The molecule has 3 aromatic heterocycles. The topological polar surface area (TPSA) is 85.9 Å². The highest BCUT2D eigenvalue weighted by Gasteiger charge is 2.32. The molecule has 0 fully saturated rings. The molecule has 0 bridgehead atoms. The summed E-state index contributed by atoms with van der Waals surface area (Å²) >= 11 is 0. The highest BCUT2D eigenvalue weighted by Crippen LogP contribution is 2.44. The molecule has 0 radical (unpaired) electrons. The summed E-state index contributed by atoms with van der Waals surface area (Å²) in [6.07, 6.45) is 2.51. The lowest BCUT2D eigenvalue weighted by molar-refractivity contribution is 0.255. The van der Waals surface area contributed by atoms with Crippen LogP contribution in [-0.4, -0.2) is 26.3 Å². The molecular formula is C21H20N4O3. The Morgan fingerprint density at radius 3 is 2.86 bits per heavy atom. The van der Waals surface area contributed by atoms with E-state index in [1.54, 1.807) is 10.8 Å². The number of aromatic amines is 1. The van der Waals surface area contributed by atoms with Crippen LogP contribution >= 0.6 is 0 Å². The largest absolute Gasteiger partial charge is 0.488 e. The predicted molar refractivity (Wildman–Crippen MR) is 105 cm³/mol. The fraction of sp³-hybridized carbons (Fsp3) is 0.286. The minimum Gasteiger partial charge on any atom is -0.488 e. The summed E-state index contributed by atoms with van der Waals surface area (Å²) in [7, 11) is 0. The second kappa shape index (κ2) is 6.09. The van der Waals surface area contributed by atoms with Gasteiger partial charge in [-0.1, -0.05) is 18.1 Å². The fourth-order valence-electron chi connectivity index (χ4n) is 4.15. The van der Waals surface area contributed by atoms with Crippen LogP contribution in [0.4, 0.5) is 0 Å². The first-order chi connectivity index (χ1) is 13.6. The third-order valence-electron chi connectivity index (χ3n) is 5.44. The molecule has 1 atom stereocenters. The maximum absolute atomic E-state index is 12.9. The molecule has 0 unspecified atom stereocenters. The number of imidazole rings is 1. The number of benzene rings is 1. The zero-order valence-corrected chi connectivity index (χ0v) is 15.9. The molecule has 0 aliphatic carbocycles. The van der Waals surface area contributed by atoms with Gasteiger partial charge in [-0.3, -0.25) is 9.55 Å². The lowest BCUT2D eigenvalue weighted by Gasteiger charge is -2.26. The Morgan fingerprint density at radius 1 is 1.32 bits per heavy atom. The third-order valence-corrected chi connectivity index (χ3v) is 5.44. The van der Waals surface area contributed by atoms with E-state index in [4.69, 9.17) is 9.26 Å². The molecule has 0 amide bonds. The first kappa shape index (κ1) is 16.8. The molecule has 1 aromatic carbocycles. The number of ether oxygens (including phenoxy) is 1. The van der Waals surface area contributed by atoms with E-state index in [1.165, 1.54) is 0 Å². The van der Waals surface area contributed by atoms with Crippen LogP contribution in [-0.2, 0) is 6.42 Å². The standard InChI is InChI=1S/C21H20N4O3/c1-4-13-9-14(17-11(2)24-28-12(17)3)20-19-18(13)23-21(26)25(19)16(10-27-20)15-7-5-6-8-22-15/h5-9,16H,4,10H2,1-3H3,(H,23,26)/t16-/m1/s1. The summed E-state index contributed by atoms with van der Waals surface area (Å²) in [6, 6.07) is 7.50. The van der Waals surface area contributed by atoms with Gasteiger partial charge in [0, 0.05) is 11.8 Å². The van der Waals surface area contributed by atoms with Crippen molar-refractivity contribution in [2.75, 3.05) is 6.61 Å². The van der Waals surface area contributed by atoms with Gasteiger partial charge in [0.1, 0.15) is 23.9 Å². The predicted octanol–water partition coefficient (Wildman–Crippen LogP) is 3.54. The maximum Gasteiger partial charge on any atom is 0.327 e. The second-order valence-corrected chi connectivity index (χ2v) is 7.07. The molecule has 4 aromatic rings. The van der Waals surface area contributed by atoms with E-state index in [0.29, 0.717) is 12.4 Å². The molecule has 7 heteroatoms. The van der Waals surface area contributed by atoms with Gasteiger partial charge in [-0.2, -0.15) is 0 Å². The third kappa shape index (κ3) is 2.25. The number of nitrogens with one attached hydrogen (secondary N) is 1. The number of pyridine rings is 1. The van der Waals surface area contributed by atoms with E-state index < -0.39 is 0 Å². The molecule has 0 saturated heterocycles. The Balaban J connectivity index is 1.86. The molecule has 0 saturated carbocycles. The smallest absolute Gasteiger partial charge is 0.327 e. The van der Waals surface area contributed by atoms with Gasteiger partial charge in [0.05, 0.1) is 22.5 Å². The Bertz CT molecular complexity index is 1230. The lowest BCUT2D eigenvalue weighted by Crippen LogP contribution is -2.31. The van der Waals surface area contributed by atoms with E-state index >= 15 is 0 Å². The second-order valence-electron chi connectivity index (χ2n) is 7.07. The van der Waals surface area contributed by atoms with E-state index in [-0.39, 0.29) is 11.7 Å². The summed E-state index contributed by atoms with van der Waals surface area (Å²) in [5.74, 6) is 1.42. The Hall–Kier alpha value is -3.35. The number of aryl methyl sites for hydroxylation is 3. The molecule has 0 spiro atoms. The number of aromatic nitrogens is 4. The van der Waals surface area contributed by atoms with Crippen LogP contribution in [0.5, 0.6) is 5.75 Å². The van der Waals surface area contributed by atoms with Crippen molar-refractivity contribution in [1.29, 1.82) is 0 Å². The van der Waals surface area contributed by atoms with Gasteiger partial charge in [0.15, 0.2) is 5.75 Å². The van der Waals surface area contributed by atoms with E-state index in [9.17, 15) is 4.79 Å². The summed E-state index contributed by atoms with van der Waals surface area (Å²) < 4.78 is 13.4.